The van der Waals surface area contributed by atoms with Crippen LogP contribution in [0, 0.1) is 11.8 Å². The Kier molecular flexibility index (Phi) is 5.16. The minimum Gasteiger partial charge on any atom is -0.469 e. The van der Waals surface area contributed by atoms with E-state index in [1.165, 1.54) is 7.11 Å². The SMILES string of the molecule is COC(=O)[C@H](C(C)C)[C@@H](OC)c1ccccc1. The van der Waals surface area contributed by atoms with Crippen molar-refractivity contribution in [2.24, 2.45) is 11.8 Å². The number of carbonyl (C=O) groups excluding carboxylic acids is 1. The van der Waals surface area contributed by atoms with Crippen LogP contribution in [-0.4, -0.2) is 20.2 Å². The van der Waals surface area contributed by atoms with Crippen molar-refractivity contribution in [2.75, 3.05) is 14.2 Å². The van der Waals surface area contributed by atoms with Gasteiger partial charge in [-0.2, -0.15) is 0 Å². The molecule has 3 heteroatoms. The second kappa shape index (κ2) is 6.40. The van der Waals surface area contributed by atoms with Crippen LogP contribution in [0.15, 0.2) is 30.3 Å². The number of esters is 1. The second-order valence-corrected chi connectivity index (χ2v) is 4.36. The molecular formula is C14H20O3. The predicted octanol–water partition coefficient (Wildman–Crippen LogP) is 2.82. The predicted molar refractivity (Wildman–Crippen MR) is 66.5 cm³/mol. The summed E-state index contributed by atoms with van der Waals surface area (Å²) in [6.07, 6.45) is -0.261. The monoisotopic (exact) mass is 236 g/mol. The fourth-order valence-electron chi connectivity index (χ4n) is 2.01. The number of hydrogen-bond donors (Lipinski definition) is 0. The topological polar surface area (TPSA) is 35.5 Å². The molecular weight excluding hydrogens is 216 g/mol. The molecule has 0 heterocycles. The first-order valence-electron chi connectivity index (χ1n) is 5.77. The van der Waals surface area contributed by atoms with E-state index in [0.29, 0.717) is 0 Å². The summed E-state index contributed by atoms with van der Waals surface area (Å²) in [6, 6.07) is 9.75. The van der Waals surface area contributed by atoms with Crippen LogP contribution in [0.4, 0.5) is 0 Å². The number of rotatable bonds is 5. The first-order valence-corrected chi connectivity index (χ1v) is 5.77. The summed E-state index contributed by atoms with van der Waals surface area (Å²) in [6.45, 7) is 3.99. The molecule has 0 amide bonds. The van der Waals surface area contributed by atoms with E-state index in [-0.39, 0.29) is 23.9 Å². The van der Waals surface area contributed by atoms with Gasteiger partial charge in [0.15, 0.2) is 0 Å². The van der Waals surface area contributed by atoms with Gasteiger partial charge in [-0.05, 0) is 11.5 Å². The van der Waals surface area contributed by atoms with Crippen molar-refractivity contribution in [1.29, 1.82) is 0 Å². The molecule has 0 aliphatic carbocycles. The Bertz CT molecular complexity index is 346. The van der Waals surface area contributed by atoms with Gasteiger partial charge in [0.05, 0.1) is 19.1 Å². The quantitative estimate of drug-likeness (QED) is 0.737. The van der Waals surface area contributed by atoms with Crippen molar-refractivity contribution in [2.45, 2.75) is 20.0 Å². The second-order valence-electron chi connectivity index (χ2n) is 4.36. The van der Waals surface area contributed by atoms with E-state index in [1.807, 2.05) is 44.2 Å². The molecule has 0 fully saturated rings. The Hall–Kier alpha value is -1.35. The third-order valence-electron chi connectivity index (χ3n) is 2.90. The smallest absolute Gasteiger partial charge is 0.311 e. The minimum absolute atomic E-state index is 0.160. The van der Waals surface area contributed by atoms with E-state index < -0.39 is 0 Å². The van der Waals surface area contributed by atoms with Gasteiger partial charge in [0.2, 0.25) is 0 Å². The summed E-state index contributed by atoms with van der Waals surface area (Å²) in [5.41, 5.74) is 0.999. The normalized spacial score (nSPS) is 14.4. The van der Waals surface area contributed by atoms with Crippen molar-refractivity contribution in [3.63, 3.8) is 0 Å². The molecule has 0 unspecified atom stereocenters. The first-order chi connectivity index (χ1) is 8.11. The summed E-state index contributed by atoms with van der Waals surface area (Å²) >= 11 is 0. The minimum atomic E-state index is -0.285. The van der Waals surface area contributed by atoms with Gasteiger partial charge in [0.25, 0.3) is 0 Å². The Morgan fingerprint density at radius 2 is 1.71 bits per heavy atom. The van der Waals surface area contributed by atoms with E-state index >= 15 is 0 Å². The highest BCUT2D eigenvalue weighted by Crippen LogP contribution is 2.31. The van der Waals surface area contributed by atoms with E-state index in [2.05, 4.69) is 0 Å². The number of carbonyl (C=O) groups is 1. The summed E-state index contributed by atoms with van der Waals surface area (Å²) in [5.74, 6) is -0.351. The largest absolute Gasteiger partial charge is 0.469 e. The van der Waals surface area contributed by atoms with Crippen LogP contribution < -0.4 is 0 Å². The first kappa shape index (κ1) is 13.7. The van der Waals surface area contributed by atoms with E-state index in [9.17, 15) is 4.79 Å². The summed E-state index contributed by atoms with van der Waals surface area (Å²) in [7, 11) is 3.03. The lowest BCUT2D eigenvalue weighted by Gasteiger charge is -2.27. The highest BCUT2D eigenvalue weighted by Gasteiger charge is 2.33. The zero-order valence-electron chi connectivity index (χ0n) is 10.8. The average Bonchev–Trinajstić information content (AvgIpc) is 2.35. The van der Waals surface area contributed by atoms with Crippen LogP contribution in [0.25, 0.3) is 0 Å². The van der Waals surface area contributed by atoms with Crippen molar-refractivity contribution in [1.82, 2.24) is 0 Å². The molecule has 1 rings (SSSR count). The molecule has 94 valence electrons. The molecule has 1 aromatic carbocycles. The summed E-state index contributed by atoms with van der Waals surface area (Å²) in [4.78, 5) is 11.8. The van der Waals surface area contributed by atoms with E-state index in [4.69, 9.17) is 9.47 Å². The van der Waals surface area contributed by atoms with E-state index in [1.54, 1.807) is 7.11 Å². The molecule has 0 saturated heterocycles. The number of ether oxygens (including phenoxy) is 2. The van der Waals surface area contributed by atoms with Gasteiger partial charge in [0.1, 0.15) is 0 Å². The highest BCUT2D eigenvalue weighted by atomic mass is 16.5. The molecule has 0 saturated carbocycles. The molecule has 0 spiro atoms. The molecule has 0 radical (unpaired) electrons. The fraction of sp³-hybridized carbons (Fsp3) is 0.500. The zero-order chi connectivity index (χ0) is 12.8. The molecule has 17 heavy (non-hydrogen) atoms. The van der Waals surface area contributed by atoms with Crippen LogP contribution >= 0.6 is 0 Å². The van der Waals surface area contributed by atoms with Crippen LogP contribution in [0.5, 0.6) is 0 Å². The Labute approximate surface area is 103 Å². The highest BCUT2D eigenvalue weighted by molar-refractivity contribution is 5.73. The van der Waals surface area contributed by atoms with Gasteiger partial charge in [-0.15, -0.1) is 0 Å². The number of benzene rings is 1. The molecule has 0 bridgehead atoms. The van der Waals surface area contributed by atoms with Crippen molar-refractivity contribution in [3.8, 4) is 0 Å². The van der Waals surface area contributed by atoms with Crippen LogP contribution in [0.3, 0.4) is 0 Å². The average molecular weight is 236 g/mol. The summed E-state index contributed by atoms with van der Waals surface area (Å²) < 4.78 is 10.3. The van der Waals surface area contributed by atoms with Crippen LogP contribution in [0.1, 0.15) is 25.5 Å². The van der Waals surface area contributed by atoms with Crippen molar-refractivity contribution < 1.29 is 14.3 Å². The molecule has 0 aliphatic heterocycles. The fourth-order valence-corrected chi connectivity index (χ4v) is 2.01. The third-order valence-corrected chi connectivity index (χ3v) is 2.90. The van der Waals surface area contributed by atoms with Gasteiger partial charge >= 0.3 is 5.97 Å². The van der Waals surface area contributed by atoms with Crippen molar-refractivity contribution >= 4 is 5.97 Å². The Morgan fingerprint density at radius 3 is 2.12 bits per heavy atom. The molecule has 2 atom stereocenters. The molecule has 0 N–H and O–H groups in total. The van der Waals surface area contributed by atoms with E-state index in [0.717, 1.165) is 5.56 Å². The maximum Gasteiger partial charge on any atom is 0.311 e. The van der Waals surface area contributed by atoms with Gasteiger partial charge in [0, 0.05) is 7.11 Å². The lowest BCUT2D eigenvalue weighted by molar-refractivity contribution is -0.153. The standard InChI is InChI=1S/C14H20O3/c1-10(2)12(14(15)17-4)13(16-3)11-8-6-5-7-9-11/h5-10,12-13H,1-4H3/t12-,13+/m1/s1. The molecule has 1 aromatic rings. The summed E-state index contributed by atoms with van der Waals surface area (Å²) in [5, 5.41) is 0. The van der Waals surface area contributed by atoms with Gasteiger partial charge in [-0.1, -0.05) is 44.2 Å². The lowest BCUT2D eigenvalue weighted by Crippen LogP contribution is -2.29. The molecule has 0 aromatic heterocycles. The van der Waals surface area contributed by atoms with Crippen LogP contribution in [-0.2, 0) is 14.3 Å². The molecule has 0 aliphatic rings. The van der Waals surface area contributed by atoms with Crippen LogP contribution in [0.2, 0.25) is 0 Å². The maximum absolute atomic E-state index is 11.8. The van der Waals surface area contributed by atoms with Gasteiger partial charge in [-0.3, -0.25) is 4.79 Å². The Morgan fingerprint density at radius 1 is 1.12 bits per heavy atom. The Balaban J connectivity index is 3.02. The van der Waals surface area contributed by atoms with Gasteiger partial charge < -0.3 is 9.47 Å². The number of methoxy groups -OCH3 is 2. The van der Waals surface area contributed by atoms with Crippen molar-refractivity contribution in [3.05, 3.63) is 35.9 Å². The third kappa shape index (κ3) is 3.30. The zero-order valence-corrected chi connectivity index (χ0v) is 10.8. The number of hydrogen-bond acceptors (Lipinski definition) is 3. The van der Waals surface area contributed by atoms with Gasteiger partial charge in [-0.25, -0.2) is 0 Å². The maximum atomic E-state index is 11.8. The lowest BCUT2D eigenvalue weighted by atomic mass is 9.86. The molecule has 3 nitrogen and oxygen atoms in total.